The fourth-order valence-corrected chi connectivity index (χ4v) is 5.43. The quantitative estimate of drug-likeness (QED) is 0.700. The van der Waals surface area contributed by atoms with Gasteiger partial charge >= 0.3 is 0 Å². The van der Waals surface area contributed by atoms with Crippen molar-refractivity contribution in [2.24, 2.45) is 5.92 Å². The molecule has 4 rings (SSSR count). The van der Waals surface area contributed by atoms with Gasteiger partial charge in [0.25, 0.3) is 0 Å². The third kappa shape index (κ3) is 6.73. The maximum Gasteiger partial charge on any atom is 0.222 e. The van der Waals surface area contributed by atoms with Gasteiger partial charge in [-0.1, -0.05) is 31.4 Å². The van der Waals surface area contributed by atoms with Crippen LogP contribution in [-0.4, -0.2) is 66.6 Å². The van der Waals surface area contributed by atoms with E-state index in [0.717, 1.165) is 24.9 Å². The van der Waals surface area contributed by atoms with E-state index in [1.807, 2.05) is 6.07 Å². The molecule has 2 aliphatic heterocycles. The first kappa shape index (κ1) is 23.6. The molecular formula is C25H37FN2O4. The van der Waals surface area contributed by atoms with Crippen LogP contribution >= 0.6 is 0 Å². The second-order valence-electron chi connectivity index (χ2n) is 9.70. The zero-order valence-electron chi connectivity index (χ0n) is 18.9. The first-order valence-corrected chi connectivity index (χ1v) is 12.2. The van der Waals surface area contributed by atoms with Gasteiger partial charge in [0.1, 0.15) is 5.82 Å². The molecule has 0 unspecified atom stereocenters. The van der Waals surface area contributed by atoms with Crippen molar-refractivity contribution in [3.05, 3.63) is 35.6 Å². The molecule has 1 aliphatic carbocycles. The second kappa shape index (κ2) is 11.5. The summed E-state index contributed by atoms with van der Waals surface area (Å²) in [6.45, 7) is 2.42. The molecule has 7 heteroatoms. The summed E-state index contributed by atoms with van der Waals surface area (Å²) >= 11 is 0. The third-order valence-corrected chi connectivity index (χ3v) is 7.09. The Kier molecular flexibility index (Phi) is 8.52. The van der Waals surface area contributed by atoms with Crippen LogP contribution < -0.4 is 5.32 Å². The largest absolute Gasteiger partial charge is 0.389 e. The number of rotatable bonds is 6. The molecule has 32 heavy (non-hydrogen) atoms. The SMILES string of the molecule is O=C(C[C@@H]1CC[C@H]2[C@@H](COC[C@H](O)CN2Cc2cccc(F)c2)O1)NCC1CCCCC1. The number of halogens is 1. The van der Waals surface area contributed by atoms with Crippen LogP contribution in [-0.2, 0) is 20.8 Å². The summed E-state index contributed by atoms with van der Waals surface area (Å²) in [6, 6.07) is 6.67. The number of hydrogen-bond donors (Lipinski definition) is 2. The summed E-state index contributed by atoms with van der Waals surface area (Å²) in [5.74, 6) is 0.429. The molecule has 3 fully saturated rings. The Hall–Kier alpha value is -1.54. The van der Waals surface area contributed by atoms with Gasteiger partial charge in [0.05, 0.1) is 37.9 Å². The molecule has 1 saturated carbocycles. The Balaban J connectivity index is 1.32. The molecule has 2 saturated heterocycles. The minimum atomic E-state index is -0.590. The Morgan fingerprint density at radius 1 is 1.16 bits per heavy atom. The minimum absolute atomic E-state index is 0.0646. The zero-order chi connectivity index (χ0) is 22.3. The number of β-amino-alcohol motifs (C(OH)–C–C–N with tert-alkyl or cyclic N) is 1. The Labute approximate surface area is 190 Å². The number of carbonyl (C=O) groups excluding carboxylic acids is 1. The van der Waals surface area contributed by atoms with Gasteiger partial charge in [-0.05, 0) is 49.3 Å². The standard InChI is InChI=1S/C25H37FN2O4/c26-20-8-4-7-19(11-20)14-28-15-21(29)16-31-17-24-23(28)10-9-22(32-24)12-25(30)27-13-18-5-2-1-3-6-18/h4,7-8,11,18,21-24,29H,1-3,5-6,9-10,12-17H2,(H,27,30)/t21-,22+,23+,24-/m1/s1. The van der Waals surface area contributed by atoms with Crippen molar-refractivity contribution < 1.29 is 23.8 Å². The molecule has 0 spiro atoms. The summed E-state index contributed by atoms with van der Waals surface area (Å²) in [7, 11) is 0. The highest BCUT2D eigenvalue weighted by atomic mass is 19.1. The Morgan fingerprint density at radius 3 is 2.81 bits per heavy atom. The number of aliphatic hydroxyl groups is 1. The van der Waals surface area contributed by atoms with Crippen LogP contribution in [0, 0.1) is 11.7 Å². The van der Waals surface area contributed by atoms with E-state index in [1.165, 1.54) is 38.2 Å². The van der Waals surface area contributed by atoms with Crippen molar-refractivity contribution in [1.82, 2.24) is 10.2 Å². The number of carbonyl (C=O) groups is 1. The molecule has 2 heterocycles. The number of amides is 1. The number of fused-ring (bicyclic) bond motifs is 1. The number of hydrogen-bond acceptors (Lipinski definition) is 5. The van der Waals surface area contributed by atoms with E-state index in [2.05, 4.69) is 10.2 Å². The van der Waals surface area contributed by atoms with E-state index in [1.54, 1.807) is 12.1 Å². The first-order chi connectivity index (χ1) is 15.6. The van der Waals surface area contributed by atoms with Crippen molar-refractivity contribution in [1.29, 1.82) is 0 Å². The van der Waals surface area contributed by atoms with Crippen LogP contribution in [0.15, 0.2) is 24.3 Å². The maximum absolute atomic E-state index is 13.7. The predicted octanol–water partition coefficient (Wildman–Crippen LogP) is 3.02. The molecule has 1 aromatic carbocycles. The lowest BCUT2D eigenvalue weighted by atomic mass is 9.89. The van der Waals surface area contributed by atoms with Crippen molar-refractivity contribution in [3.63, 3.8) is 0 Å². The molecule has 0 bridgehead atoms. The number of aliphatic hydroxyl groups excluding tert-OH is 1. The summed E-state index contributed by atoms with van der Waals surface area (Å²) in [5.41, 5.74) is 0.877. The lowest BCUT2D eigenvalue weighted by molar-refractivity contribution is -0.158. The maximum atomic E-state index is 13.7. The molecule has 3 aliphatic rings. The van der Waals surface area contributed by atoms with Crippen LogP contribution in [0.3, 0.4) is 0 Å². The Morgan fingerprint density at radius 2 is 2.00 bits per heavy atom. The summed E-state index contributed by atoms with van der Waals surface area (Å²) in [4.78, 5) is 14.7. The number of nitrogens with zero attached hydrogens (tertiary/aromatic N) is 1. The van der Waals surface area contributed by atoms with Crippen LogP contribution in [0.25, 0.3) is 0 Å². The molecule has 4 atom stereocenters. The van der Waals surface area contributed by atoms with E-state index < -0.39 is 6.10 Å². The van der Waals surface area contributed by atoms with E-state index >= 15 is 0 Å². The molecule has 6 nitrogen and oxygen atoms in total. The van der Waals surface area contributed by atoms with Gasteiger partial charge in [-0.25, -0.2) is 4.39 Å². The molecule has 178 valence electrons. The van der Waals surface area contributed by atoms with Gasteiger partial charge in [0, 0.05) is 25.7 Å². The van der Waals surface area contributed by atoms with E-state index in [0.29, 0.717) is 32.0 Å². The third-order valence-electron chi connectivity index (χ3n) is 7.09. The monoisotopic (exact) mass is 448 g/mol. The van der Waals surface area contributed by atoms with Crippen molar-refractivity contribution in [3.8, 4) is 0 Å². The molecule has 0 radical (unpaired) electrons. The van der Waals surface area contributed by atoms with Crippen LogP contribution in [0.4, 0.5) is 4.39 Å². The highest BCUT2D eigenvalue weighted by Crippen LogP contribution is 2.29. The lowest BCUT2D eigenvalue weighted by Crippen LogP contribution is -2.55. The average Bonchev–Trinajstić information content (AvgIpc) is 2.77. The lowest BCUT2D eigenvalue weighted by Gasteiger charge is -2.44. The molecule has 0 aromatic heterocycles. The highest BCUT2D eigenvalue weighted by molar-refractivity contribution is 5.76. The summed E-state index contributed by atoms with van der Waals surface area (Å²) < 4.78 is 25.7. The molecule has 1 aromatic rings. The van der Waals surface area contributed by atoms with Crippen LogP contribution in [0.1, 0.15) is 56.9 Å². The van der Waals surface area contributed by atoms with Gasteiger partial charge in [-0.3, -0.25) is 9.69 Å². The van der Waals surface area contributed by atoms with Crippen molar-refractivity contribution >= 4 is 5.91 Å². The van der Waals surface area contributed by atoms with E-state index in [-0.39, 0.29) is 36.6 Å². The fraction of sp³-hybridized carbons (Fsp3) is 0.720. The summed E-state index contributed by atoms with van der Waals surface area (Å²) in [6.07, 6.45) is 7.44. The van der Waals surface area contributed by atoms with E-state index in [4.69, 9.17) is 9.47 Å². The van der Waals surface area contributed by atoms with Crippen LogP contribution in [0.2, 0.25) is 0 Å². The zero-order valence-corrected chi connectivity index (χ0v) is 18.9. The first-order valence-electron chi connectivity index (χ1n) is 12.2. The average molecular weight is 449 g/mol. The van der Waals surface area contributed by atoms with Gasteiger partial charge in [0.15, 0.2) is 0 Å². The second-order valence-corrected chi connectivity index (χ2v) is 9.70. The van der Waals surface area contributed by atoms with Crippen molar-refractivity contribution in [2.45, 2.75) is 82.3 Å². The number of ether oxygens (including phenoxy) is 2. The van der Waals surface area contributed by atoms with Crippen molar-refractivity contribution in [2.75, 3.05) is 26.3 Å². The van der Waals surface area contributed by atoms with Gasteiger partial charge < -0.3 is 19.9 Å². The molecule has 1 amide bonds. The predicted molar refractivity (Wildman–Crippen MR) is 120 cm³/mol. The van der Waals surface area contributed by atoms with Gasteiger partial charge in [-0.2, -0.15) is 0 Å². The van der Waals surface area contributed by atoms with Gasteiger partial charge in [0.2, 0.25) is 5.91 Å². The summed E-state index contributed by atoms with van der Waals surface area (Å²) in [5, 5.41) is 13.4. The van der Waals surface area contributed by atoms with E-state index in [9.17, 15) is 14.3 Å². The van der Waals surface area contributed by atoms with Gasteiger partial charge in [-0.15, -0.1) is 0 Å². The number of nitrogens with one attached hydrogen (secondary N) is 1. The normalized spacial score (nSPS) is 30.2. The topological polar surface area (TPSA) is 71.0 Å². The molecule has 2 N–H and O–H groups in total. The smallest absolute Gasteiger partial charge is 0.222 e. The molecular weight excluding hydrogens is 411 g/mol. The minimum Gasteiger partial charge on any atom is -0.389 e. The Bertz CT molecular complexity index is 742. The van der Waals surface area contributed by atoms with Crippen LogP contribution in [0.5, 0.6) is 0 Å². The number of benzene rings is 1. The highest BCUT2D eigenvalue weighted by Gasteiger charge is 2.38. The fourth-order valence-electron chi connectivity index (χ4n) is 5.43.